The number of aromatic hydroxyl groups is 1. The molecule has 27 heavy (non-hydrogen) atoms. The highest BCUT2D eigenvalue weighted by atomic mass is 28.3. The summed E-state index contributed by atoms with van der Waals surface area (Å²) in [7, 11) is -1.78. The van der Waals surface area contributed by atoms with Crippen LogP contribution in [-0.4, -0.2) is 24.4 Å². The van der Waals surface area contributed by atoms with Crippen LogP contribution in [0.15, 0.2) is 12.1 Å². The van der Waals surface area contributed by atoms with Crippen LogP contribution in [0.25, 0.3) is 0 Å². The molecule has 2 saturated carbocycles. The highest BCUT2D eigenvalue weighted by Gasteiger charge is 2.54. The van der Waals surface area contributed by atoms with E-state index in [0.29, 0.717) is 23.5 Å². The Hall–Kier alpha value is -0.803. The number of fused-ring (bicyclic) bond motifs is 5. The van der Waals surface area contributed by atoms with Crippen LogP contribution in [0.5, 0.6) is 5.75 Å². The van der Waals surface area contributed by atoms with Crippen molar-refractivity contribution < 1.29 is 10.2 Å². The number of hydrogen-bond acceptors (Lipinski definition) is 2. The minimum Gasteiger partial charge on any atom is -0.508 e. The molecule has 2 nitrogen and oxygen atoms in total. The van der Waals surface area contributed by atoms with Crippen molar-refractivity contribution >= 4 is 13.3 Å². The predicted molar refractivity (Wildman–Crippen MR) is 116 cm³/mol. The third-order valence-corrected chi connectivity index (χ3v) is 14.8. The standard InChI is InChI=1S/C24H38O2Si/c1-23(2,3)27(5,6)21-14-18-15(13-20(21)25)7-8-17-16(18)11-12-24(4)19(17)9-10-22(24)26/h13-14,16-17,19,22,25-26H,7-12H2,1-6H3/t16?,17?,19?,22-,24-/m0/s1. The molecule has 3 aliphatic carbocycles. The molecule has 0 heterocycles. The predicted octanol–water partition coefficient (Wildman–Crippen LogP) is 5.32. The molecular weight excluding hydrogens is 348 g/mol. The molecule has 0 aliphatic heterocycles. The van der Waals surface area contributed by atoms with Crippen molar-refractivity contribution in [3.05, 3.63) is 23.3 Å². The van der Waals surface area contributed by atoms with Crippen molar-refractivity contribution in [2.75, 3.05) is 0 Å². The van der Waals surface area contributed by atoms with E-state index in [2.05, 4.69) is 52.9 Å². The van der Waals surface area contributed by atoms with Gasteiger partial charge in [0.2, 0.25) is 0 Å². The van der Waals surface area contributed by atoms with Crippen molar-refractivity contribution in [2.45, 2.75) is 96.4 Å². The van der Waals surface area contributed by atoms with Gasteiger partial charge in [0.1, 0.15) is 5.75 Å². The Labute approximate surface area is 166 Å². The van der Waals surface area contributed by atoms with Gasteiger partial charge < -0.3 is 10.2 Å². The van der Waals surface area contributed by atoms with Gasteiger partial charge in [0.25, 0.3) is 0 Å². The second-order valence-corrected chi connectivity index (χ2v) is 16.8. The summed E-state index contributed by atoms with van der Waals surface area (Å²) in [5.74, 6) is 2.55. The normalized spacial score (nSPS) is 36.1. The summed E-state index contributed by atoms with van der Waals surface area (Å²) in [6, 6.07) is 4.53. The number of aliphatic hydroxyl groups is 1. The molecule has 3 unspecified atom stereocenters. The van der Waals surface area contributed by atoms with Crippen LogP contribution in [0.2, 0.25) is 18.1 Å². The van der Waals surface area contributed by atoms with E-state index in [1.165, 1.54) is 35.6 Å². The minimum atomic E-state index is -1.78. The monoisotopic (exact) mass is 386 g/mol. The highest BCUT2D eigenvalue weighted by molar-refractivity contribution is 6.92. The molecule has 150 valence electrons. The molecule has 1 aromatic carbocycles. The van der Waals surface area contributed by atoms with E-state index >= 15 is 0 Å². The zero-order valence-electron chi connectivity index (χ0n) is 18.1. The Morgan fingerprint density at radius 2 is 1.78 bits per heavy atom. The van der Waals surface area contributed by atoms with Gasteiger partial charge >= 0.3 is 0 Å². The van der Waals surface area contributed by atoms with Crippen molar-refractivity contribution in [2.24, 2.45) is 17.3 Å². The zero-order valence-corrected chi connectivity index (χ0v) is 19.1. The van der Waals surface area contributed by atoms with Crippen LogP contribution in [0, 0.1) is 17.3 Å². The van der Waals surface area contributed by atoms with Crippen molar-refractivity contribution in [3.63, 3.8) is 0 Å². The lowest BCUT2D eigenvalue weighted by atomic mass is 9.55. The minimum absolute atomic E-state index is 0.104. The molecule has 0 spiro atoms. The van der Waals surface area contributed by atoms with E-state index < -0.39 is 8.07 Å². The van der Waals surface area contributed by atoms with Crippen LogP contribution in [0.1, 0.15) is 76.8 Å². The Balaban J connectivity index is 1.75. The van der Waals surface area contributed by atoms with Gasteiger partial charge in [0.15, 0.2) is 0 Å². The van der Waals surface area contributed by atoms with Gasteiger partial charge in [-0.25, -0.2) is 0 Å². The quantitative estimate of drug-likeness (QED) is 0.641. The first-order chi connectivity index (χ1) is 12.5. The van der Waals surface area contributed by atoms with Crippen LogP contribution >= 0.6 is 0 Å². The third-order valence-electron chi connectivity index (χ3n) is 9.34. The average Bonchev–Trinajstić information content (AvgIpc) is 2.88. The number of aryl methyl sites for hydroxylation is 1. The third kappa shape index (κ3) is 2.75. The second kappa shape index (κ2) is 6.10. The van der Waals surface area contributed by atoms with Crippen LogP contribution in [0.4, 0.5) is 0 Å². The first kappa shape index (κ1) is 19.5. The van der Waals surface area contributed by atoms with Crippen molar-refractivity contribution in [1.82, 2.24) is 0 Å². The summed E-state index contributed by atoms with van der Waals surface area (Å²) in [6.07, 6.45) is 6.74. The molecule has 3 heteroatoms. The van der Waals surface area contributed by atoms with Crippen molar-refractivity contribution in [1.29, 1.82) is 0 Å². The fraction of sp³-hybridized carbons (Fsp3) is 0.750. The largest absolute Gasteiger partial charge is 0.508 e. The molecule has 2 fully saturated rings. The summed E-state index contributed by atoms with van der Waals surface area (Å²) in [5, 5.41) is 23.0. The maximum Gasteiger partial charge on any atom is 0.115 e. The van der Waals surface area contributed by atoms with Gasteiger partial charge in [-0.05, 0) is 89.1 Å². The molecule has 4 rings (SSSR count). The molecule has 0 bridgehead atoms. The molecule has 0 saturated heterocycles. The molecule has 5 atom stereocenters. The lowest BCUT2D eigenvalue weighted by Crippen LogP contribution is -2.50. The summed E-state index contributed by atoms with van der Waals surface area (Å²) in [6.45, 7) is 14.1. The summed E-state index contributed by atoms with van der Waals surface area (Å²) >= 11 is 0. The topological polar surface area (TPSA) is 40.5 Å². The second-order valence-electron chi connectivity index (χ2n) is 11.5. The molecule has 0 aromatic heterocycles. The van der Waals surface area contributed by atoms with Gasteiger partial charge in [-0.3, -0.25) is 0 Å². The number of aliphatic hydroxyl groups excluding tert-OH is 1. The first-order valence-electron chi connectivity index (χ1n) is 11.0. The average molecular weight is 387 g/mol. The molecule has 0 amide bonds. The lowest BCUT2D eigenvalue weighted by Gasteiger charge is -2.50. The molecule has 2 N–H and O–H groups in total. The first-order valence-corrected chi connectivity index (χ1v) is 14.0. The van der Waals surface area contributed by atoms with Gasteiger partial charge in [-0.1, -0.05) is 46.9 Å². The highest BCUT2D eigenvalue weighted by Crippen LogP contribution is 2.61. The Kier molecular flexibility index (Phi) is 4.40. The Morgan fingerprint density at radius 3 is 2.44 bits per heavy atom. The van der Waals surface area contributed by atoms with Crippen LogP contribution < -0.4 is 5.19 Å². The van der Waals surface area contributed by atoms with E-state index in [1.54, 1.807) is 0 Å². The summed E-state index contributed by atoms with van der Waals surface area (Å²) in [5.41, 5.74) is 3.06. The fourth-order valence-corrected chi connectivity index (χ4v) is 8.52. The fourth-order valence-electron chi connectivity index (χ4n) is 6.49. The number of rotatable bonds is 1. The smallest absolute Gasteiger partial charge is 0.115 e. The maximum atomic E-state index is 10.9. The maximum absolute atomic E-state index is 10.9. The number of phenols is 1. The van der Waals surface area contributed by atoms with Gasteiger partial charge in [0, 0.05) is 0 Å². The van der Waals surface area contributed by atoms with E-state index in [0.717, 1.165) is 19.3 Å². The number of hydrogen-bond donors (Lipinski definition) is 2. The van der Waals surface area contributed by atoms with Gasteiger partial charge in [-0.15, -0.1) is 0 Å². The van der Waals surface area contributed by atoms with E-state index in [1.807, 2.05) is 0 Å². The molecule has 1 aromatic rings. The Bertz CT molecular complexity index is 747. The summed E-state index contributed by atoms with van der Waals surface area (Å²) < 4.78 is 0. The number of phenolic OH excluding ortho intramolecular Hbond substituents is 1. The van der Waals surface area contributed by atoms with Gasteiger partial charge in [-0.2, -0.15) is 0 Å². The van der Waals surface area contributed by atoms with Crippen LogP contribution in [-0.2, 0) is 6.42 Å². The number of benzene rings is 1. The van der Waals surface area contributed by atoms with Crippen LogP contribution in [0.3, 0.4) is 0 Å². The van der Waals surface area contributed by atoms with E-state index in [-0.39, 0.29) is 16.6 Å². The van der Waals surface area contributed by atoms with E-state index in [9.17, 15) is 10.2 Å². The van der Waals surface area contributed by atoms with Gasteiger partial charge in [0.05, 0.1) is 14.2 Å². The lowest BCUT2D eigenvalue weighted by molar-refractivity contribution is -0.0226. The molecular formula is C24H38O2Si. The zero-order chi connectivity index (χ0) is 19.8. The SMILES string of the molecule is CC(C)(C)[Si](C)(C)c1cc2c(cc1O)CCC1C2CC[C@@]2(C)C1CC[C@@H]2O. The Morgan fingerprint density at radius 1 is 1.07 bits per heavy atom. The molecule has 0 radical (unpaired) electrons. The summed E-state index contributed by atoms with van der Waals surface area (Å²) in [4.78, 5) is 0. The van der Waals surface area contributed by atoms with E-state index in [4.69, 9.17) is 0 Å². The molecule has 3 aliphatic rings. The van der Waals surface area contributed by atoms with Crippen molar-refractivity contribution in [3.8, 4) is 5.75 Å².